The highest BCUT2D eigenvalue weighted by atomic mass is 19.1. The Morgan fingerprint density at radius 1 is 1.11 bits per heavy atom. The lowest BCUT2D eigenvalue weighted by Crippen LogP contribution is -2.59. The van der Waals surface area contributed by atoms with E-state index in [0.29, 0.717) is 29.8 Å². The van der Waals surface area contributed by atoms with Crippen LogP contribution in [0.15, 0.2) is 64.1 Å². The number of rotatable bonds is 6. The third-order valence-electron chi connectivity index (χ3n) is 7.43. The highest BCUT2D eigenvalue weighted by molar-refractivity contribution is 5.89. The second kappa shape index (κ2) is 10.1. The molecule has 8 nitrogen and oxygen atoms in total. The monoisotopic (exact) mass is 500 g/mol. The van der Waals surface area contributed by atoms with Gasteiger partial charge in [0.2, 0.25) is 0 Å². The number of hydrogen-bond acceptors (Lipinski definition) is 7. The van der Waals surface area contributed by atoms with Crippen molar-refractivity contribution in [2.75, 3.05) is 18.0 Å². The van der Waals surface area contributed by atoms with Crippen molar-refractivity contribution in [2.24, 2.45) is 7.05 Å². The Labute approximate surface area is 214 Å². The van der Waals surface area contributed by atoms with E-state index in [1.807, 2.05) is 6.07 Å². The molecular formula is C28H29FN6O2. The van der Waals surface area contributed by atoms with Crippen LogP contribution in [0, 0.1) is 17.1 Å². The highest BCUT2D eigenvalue weighted by Gasteiger charge is 2.39. The van der Waals surface area contributed by atoms with Crippen LogP contribution in [0.4, 0.5) is 10.1 Å². The summed E-state index contributed by atoms with van der Waals surface area (Å²) >= 11 is 0. The minimum absolute atomic E-state index is 0.0699. The minimum Gasteiger partial charge on any atom is -0.364 e. The molecule has 3 atom stereocenters. The lowest BCUT2D eigenvalue weighted by atomic mass is 9.94. The third kappa shape index (κ3) is 4.49. The summed E-state index contributed by atoms with van der Waals surface area (Å²) in [4.78, 5) is 22.2. The van der Waals surface area contributed by atoms with Gasteiger partial charge in [-0.2, -0.15) is 5.26 Å². The Balaban J connectivity index is 1.60. The number of hydrogen-bond donors (Lipinski definition) is 0. The molecule has 0 radical (unpaired) electrons. The first kappa shape index (κ1) is 24.7. The molecule has 1 aliphatic heterocycles. The summed E-state index contributed by atoms with van der Waals surface area (Å²) in [6, 6.07) is 15.6. The van der Waals surface area contributed by atoms with Gasteiger partial charge >= 0.3 is 0 Å². The van der Waals surface area contributed by atoms with Gasteiger partial charge < -0.3 is 14.0 Å². The van der Waals surface area contributed by atoms with Crippen LogP contribution in [-0.2, 0) is 7.05 Å². The Hall–Kier alpha value is -4.03. The SMILES string of the molecule is CC[C@H]1CN(C(c2ccc(F)cc2)c2ccon2)[C@H](CC)CN1c1cc(=O)n(C)c2ccc(C#N)nc12. The summed E-state index contributed by atoms with van der Waals surface area (Å²) in [5, 5.41) is 13.7. The summed E-state index contributed by atoms with van der Waals surface area (Å²) in [7, 11) is 1.72. The van der Waals surface area contributed by atoms with Crippen molar-refractivity contribution in [3.8, 4) is 6.07 Å². The number of halogens is 1. The highest BCUT2D eigenvalue weighted by Crippen LogP contribution is 2.37. The van der Waals surface area contributed by atoms with E-state index in [2.05, 4.69) is 39.9 Å². The standard InChI is InChI=1S/C28H29FN6O2/c1-4-21-17-35(28(23-12-13-37-32-23)18-6-8-19(29)9-7-18)22(5-2)16-34(21)25-14-26(36)33(3)24-11-10-20(15-30)31-27(24)25/h6-14,21-22,28H,4-5,16-17H2,1-3H3/t21-,22+,28?/m0/s1. The maximum atomic E-state index is 13.8. The number of pyridine rings is 2. The molecule has 0 saturated carbocycles. The van der Waals surface area contributed by atoms with Crippen LogP contribution in [-0.4, -0.2) is 44.8 Å². The molecule has 3 aromatic heterocycles. The number of fused-ring (bicyclic) bond motifs is 1. The fourth-order valence-electron chi connectivity index (χ4n) is 5.43. The zero-order chi connectivity index (χ0) is 26.1. The summed E-state index contributed by atoms with van der Waals surface area (Å²) < 4.78 is 20.5. The second-order valence-electron chi connectivity index (χ2n) is 9.45. The Morgan fingerprint density at radius 3 is 2.51 bits per heavy atom. The second-order valence-corrected chi connectivity index (χ2v) is 9.45. The van der Waals surface area contributed by atoms with E-state index in [1.54, 1.807) is 48.2 Å². The summed E-state index contributed by atoms with van der Waals surface area (Å²) in [6.45, 7) is 5.62. The average Bonchev–Trinajstić information content (AvgIpc) is 3.46. The van der Waals surface area contributed by atoms with E-state index in [4.69, 9.17) is 4.52 Å². The Kier molecular flexibility index (Phi) is 6.76. The molecule has 4 heterocycles. The van der Waals surface area contributed by atoms with Crippen LogP contribution in [0.2, 0.25) is 0 Å². The number of anilines is 1. The third-order valence-corrected chi connectivity index (χ3v) is 7.43. The van der Waals surface area contributed by atoms with Crippen LogP contribution in [0.5, 0.6) is 0 Å². The Bertz CT molecular complexity index is 1490. The van der Waals surface area contributed by atoms with E-state index < -0.39 is 0 Å². The van der Waals surface area contributed by atoms with Crippen LogP contribution >= 0.6 is 0 Å². The van der Waals surface area contributed by atoms with Crippen LogP contribution < -0.4 is 10.5 Å². The molecule has 1 saturated heterocycles. The van der Waals surface area contributed by atoms with E-state index in [1.165, 1.54) is 12.1 Å². The molecule has 0 spiro atoms. The number of aryl methyl sites for hydroxylation is 1. The van der Waals surface area contributed by atoms with E-state index in [9.17, 15) is 14.4 Å². The summed E-state index contributed by atoms with van der Waals surface area (Å²) in [5.74, 6) is -0.285. The van der Waals surface area contributed by atoms with Gasteiger partial charge in [-0.3, -0.25) is 9.69 Å². The molecule has 5 rings (SSSR count). The zero-order valence-corrected chi connectivity index (χ0v) is 21.1. The number of nitriles is 1. The molecule has 0 amide bonds. The largest absolute Gasteiger partial charge is 0.364 e. The first-order chi connectivity index (χ1) is 17.9. The van der Waals surface area contributed by atoms with Gasteiger partial charge in [0, 0.05) is 44.4 Å². The van der Waals surface area contributed by atoms with Crippen molar-refractivity contribution in [1.29, 1.82) is 5.26 Å². The van der Waals surface area contributed by atoms with Gasteiger partial charge in [-0.1, -0.05) is 31.1 Å². The molecule has 0 aliphatic carbocycles. The quantitative estimate of drug-likeness (QED) is 0.388. The number of benzene rings is 1. The molecule has 1 unspecified atom stereocenters. The van der Waals surface area contributed by atoms with Crippen molar-refractivity contribution in [3.05, 3.63) is 87.9 Å². The van der Waals surface area contributed by atoms with Gasteiger partial charge in [0.1, 0.15) is 35.1 Å². The number of nitrogens with zero attached hydrogens (tertiary/aromatic N) is 6. The van der Waals surface area contributed by atoms with Crippen LogP contribution in [0.1, 0.15) is 49.7 Å². The summed E-state index contributed by atoms with van der Waals surface area (Å²) in [6.07, 6.45) is 3.24. The number of piperazine rings is 1. The molecule has 37 heavy (non-hydrogen) atoms. The first-order valence-electron chi connectivity index (χ1n) is 12.5. The van der Waals surface area contributed by atoms with E-state index in [0.717, 1.165) is 29.8 Å². The fraction of sp³-hybridized carbons (Fsp3) is 0.357. The van der Waals surface area contributed by atoms with E-state index in [-0.39, 0.29) is 29.5 Å². The van der Waals surface area contributed by atoms with Gasteiger partial charge in [0.25, 0.3) is 5.56 Å². The molecule has 1 fully saturated rings. The smallest absolute Gasteiger partial charge is 0.252 e. The lowest BCUT2D eigenvalue weighted by molar-refractivity contribution is 0.107. The lowest BCUT2D eigenvalue weighted by Gasteiger charge is -2.49. The number of aromatic nitrogens is 3. The van der Waals surface area contributed by atoms with Crippen molar-refractivity contribution < 1.29 is 8.91 Å². The minimum atomic E-state index is -0.285. The molecule has 9 heteroatoms. The summed E-state index contributed by atoms with van der Waals surface area (Å²) in [5.41, 5.74) is 4.00. The molecule has 4 aromatic rings. The van der Waals surface area contributed by atoms with Gasteiger partial charge in [-0.05, 0) is 42.7 Å². The van der Waals surface area contributed by atoms with Gasteiger partial charge in [0.15, 0.2) is 0 Å². The first-order valence-corrected chi connectivity index (χ1v) is 12.5. The van der Waals surface area contributed by atoms with Gasteiger partial charge in [-0.25, -0.2) is 9.37 Å². The molecule has 1 aromatic carbocycles. The molecule has 0 bridgehead atoms. The fourth-order valence-corrected chi connectivity index (χ4v) is 5.43. The van der Waals surface area contributed by atoms with Gasteiger partial charge in [-0.15, -0.1) is 0 Å². The average molecular weight is 501 g/mol. The molecule has 1 aliphatic rings. The van der Waals surface area contributed by atoms with Crippen molar-refractivity contribution >= 4 is 16.7 Å². The topological polar surface area (TPSA) is 91.2 Å². The molecule has 0 N–H and O–H groups in total. The normalized spacial score (nSPS) is 19.2. The molecule has 190 valence electrons. The zero-order valence-electron chi connectivity index (χ0n) is 21.1. The van der Waals surface area contributed by atoms with E-state index >= 15 is 0 Å². The van der Waals surface area contributed by atoms with Crippen LogP contribution in [0.25, 0.3) is 11.0 Å². The predicted molar refractivity (Wildman–Crippen MR) is 139 cm³/mol. The maximum absolute atomic E-state index is 13.8. The van der Waals surface area contributed by atoms with Crippen molar-refractivity contribution in [2.45, 2.75) is 44.8 Å². The predicted octanol–water partition coefficient (Wildman–Crippen LogP) is 4.40. The van der Waals surface area contributed by atoms with Gasteiger partial charge in [0.05, 0.1) is 17.2 Å². The van der Waals surface area contributed by atoms with Crippen molar-refractivity contribution in [3.63, 3.8) is 0 Å². The van der Waals surface area contributed by atoms with Crippen LogP contribution in [0.3, 0.4) is 0 Å². The molecular weight excluding hydrogens is 471 g/mol. The van der Waals surface area contributed by atoms with Crippen molar-refractivity contribution in [1.82, 2.24) is 19.6 Å². The maximum Gasteiger partial charge on any atom is 0.252 e. The Morgan fingerprint density at radius 2 is 1.86 bits per heavy atom.